The Balaban J connectivity index is 1.66. The van der Waals surface area contributed by atoms with Crippen LogP contribution in [-0.4, -0.2) is 11.9 Å². The average molecular weight is 271 g/mol. The van der Waals surface area contributed by atoms with Crippen molar-refractivity contribution in [1.29, 1.82) is 0 Å². The molecule has 2 unspecified atom stereocenters. The van der Waals surface area contributed by atoms with Crippen LogP contribution in [-0.2, 0) is 11.2 Å². The van der Waals surface area contributed by atoms with Crippen LogP contribution in [0.2, 0.25) is 0 Å². The summed E-state index contributed by atoms with van der Waals surface area (Å²) in [5.74, 6) is 0.698. The maximum absolute atomic E-state index is 12.2. The van der Waals surface area contributed by atoms with E-state index in [1.807, 2.05) is 24.3 Å². The number of amides is 1. The zero-order chi connectivity index (χ0) is 13.9. The summed E-state index contributed by atoms with van der Waals surface area (Å²) >= 11 is 0. The van der Waals surface area contributed by atoms with E-state index in [1.54, 1.807) is 6.26 Å². The lowest BCUT2D eigenvalue weighted by atomic mass is 9.86. The first-order chi connectivity index (χ1) is 9.74. The van der Waals surface area contributed by atoms with E-state index >= 15 is 0 Å². The van der Waals surface area contributed by atoms with Crippen molar-refractivity contribution in [3.8, 4) is 0 Å². The normalized spacial score (nSPS) is 22.9. The number of hydrogen-bond donors (Lipinski definition) is 1. The van der Waals surface area contributed by atoms with Crippen molar-refractivity contribution >= 4 is 16.9 Å². The van der Waals surface area contributed by atoms with Gasteiger partial charge in [0.1, 0.15) is 5.58 Å². The van der Waals surface area contributed by atoms with Crippen molar-refractivity contribution in [2.24, 2.45) is 5.92 Å². The topological polar surface area (TPSA) is 42.2 Å². The molecule has 1 aliphatic carbocycles. The fourth-order valence-corrected chi connectivity index (χ4v) is 3.13. The lowest BCUT2D eigenvalue weighted by molar-refractivity contribution is -0.121. The third-order valence-corrected chi connectivity index (χ3v) is 4.37. The van der Waals surface area contributed by atoms with Crippen molar-refractivity contribution in [1.82, 2.24) is 5.32 Å². The Kier molecular flexibility index (Phi) is 3.77. The van der Waals surface area contributed by atoms with Gasteiger partial charge in [-0.2, -0.15) is 0 Å². The van der Waals surface area contributed by atoms with Gasteiger partial charge in [-0.25, -0.2) is 0 Å². The molecule has 2 atom stereocenters. The molecule has 1 heterocycles. The molecule has 3 nitrogen and oxygen atoms in total. The van der Waals surface area contributed by atoms with E-state index in [2.05, 4.69) is 12.2 Å². The standard InChI is InChI=1S/C17H21NO2/c1-12-6-2-4-8-15(12)18-17(19)10-13-11-20-16-9-5-3-7-14(13)16/h3,5,7,9,11-12,15H,2,4,6,8,10H2,1H3,(H,18,19). The number of rotatable bonds is 3. The summed E-state index contributed by atoms with van der Waals surface area (Å²) in [7, 11) is 0. The number of fused-ring (bicyclic) bond motifs is 1. The monoisotopic (exact) mass is 271 g/mol. The van der Waals surface area contributed by atoms with E-state index in [1.165, 1.54) is 19.3 Å². The van der Waals surface area contributed by atoms with E-state index in [-0.39, 0.29) is 5.91 Å². The van der Waals surface area contributed by atoms with Gasteiger partial charge in [-0.05, 0) is 24.8 Å². The van der Waals surface area contributed by atoms with Gasteiger partial charge in [0.05, 0.1) is 12.7 Å². The molecule has 106 valence electrons. The minimum absolute atomic E-state index is 0.107. The number of nitrogens with one attached hydrogen (secondary N) is 1. The van der Waals surface area contributed by atoms with Gasteiger partial charge >= 0.3 is 0 Å². The number of carbonyl (C=O) groups excluding carboxylic acids is 1. The highest BCUT2D eigenvalue weighted by atomic mass is 16.3. The zero-order valence-electron chi connectivity index (χ0n) is 11.9. The largest absolute Gasteiger partial charge is 0.464 e. The van der Waals surface area contributed by atoms with Gasteiger partial charge in [0.2, 0.25) is 5.91 Å². The summed E-state index contributed by atoms with van der Waals surface area (Å²) in [5, 5.41) is 4.23. The molecular weight excluding hydrogens is 250 g/mol. The summed E-state index contributed by atoms with van der Waals surface area (Å²) < 4.78 is 5.48. The van der Waals surface area contributed by atoms with Gasteiger partial charge in [0.15, 0.2) is 0 Å². The van der Waals surface area contributed by atoms with Crippen LogP contribution in [0.25, 0.3) is 11.0 Å². The molecule has 1 aromatic carbocycles. The first-order valence-electron chi connectivity index (χ1n) is 7.48. The van der Waals surface area contributed by atoms with Crippen LogP contribution >= 0.6 is 0 Å². The predicted octanol–water partition coefficient (Wildman–Crippen LogP) is 3.67. The number of carbonyl (C=O) groups is 1. The van der Waals surface area contributed by atoms with Crippen molar-refractivity contribution < 1.29 is 9.21 Å². The summed E-state index contributed by atoms with van der Waals surface area (Å²) in [5.41, 5.74) is 1.82. The molecule has 0 saturated heterocycles. The molecule has 3 heteroatoms. The number of benzene rings is 1. The van der Waals surface area contributed by atoms with Crippen molar-refractivity contribution in [2.75, 3.05) is 0 Å². The van der Waals surface area contributed by atoms with Gasteiger partial charge in [-0.1, -0.05) is 38.0 Å². The van der Waals surface area contributed by atoms with E-state index in [0.29, 0.717) is 18.4 Å². The Bertz CT molecular complexity index is 602. The maximum Gasteiger partial charge on any atom is 0.224 e. The molecule has 0 spiro atoms. The van der Waals surface area contributed by atoms with Crippen LogP contribution in [0.5, 0.6) is 0 Å². The van der Waals surface area contributed by atoms with E-state index < -0.39 is 0 Å². The summed E-state index contributed by atoms with van der Waals surface area (Å²) in [6, 6.07) is 8.20. The molecule has 1 saturated carbocycles. The fraction of sp³-hybridized carbons (Fsp3) is 0.471. The first kappa shape index (κ1) is 13.2. The van der Waals surface area contributed by atoms with Crippen molar-refractivity contribution in [3.05, 3.63) is 36.1 Å². The molecule has 3 rings (SSSR count). The minimum atomic E-state index is 0.107. The Labute approximate surface area is 119 Å². The first-order valence-corrected chi connectivity index (χ1v) is 7.48. The lowest BCUT2D eigenvalue weighted by Gasteiger charge is -2.29. The molecule has 0 radical (unpaired) electrons. The van der Waals surface area contributed by atoms with Gasteiger partial charge < -0.3 is 9.73 Å². The molecule has 1 aliphatic rings. The summed E-state index contributed by atoms with van der Waals surface area (Å²) in [6.45, 7) is 2.23. The molecule has 1 aromatic heterocycles. The molecule has 1 N–H and O–H groups in total. The highest BCUT2D eigenvalue weighted by Gasteiger charge is 2.23. The Morgan fingerprint density at radius 1 is 1.30 bits per heavy atom. The molecule has 1 amide bonds. The van der Waals surface area contributed by atoms with Crippen LogP contribution in [0.15, 0.2) is 34.9 Å². The number of furan rings is 1. The fourth-order valence-electron chi connectivity index (χ4n) is 3.13. The summed E-state index contributed by atoms with van der Waals surface area (Å²) in [6.07, 6.45) is 6.96. The van der Waals surface area contributed by atoms with Gasteiger partial charge in [0, 0.05) is 17.0 Å². The summed E-state index contributed by atoms with van der Waals surface area (Å²) in [4.78, 5) is 12.2. The molecule has 2 aromatic rings. The second kappa shape index (κ2) is 5.70. The highest BCUT2D eigenvalue weighted by Crippen LogP contribution is 2.24. The van der Waals surface area contributed by atoms with E-state index in [0.717, 1.165) is 23.0 Å². The average Bonchev–Trinajstić information content (AvgIpc) is 2.85. The van der Waals surface area contributed by atoms with Gasteiger partial charge in [-0.15, -0.1) is 0 Å². The van der Waals surface area contributed by atoms with Crippen molar-refractivity contribution in [2.45, 2.75) is 45.1 Å². The predicted molar refractivity (Wildman–Crippen MR) is 79.5 cm³/mol. The Hall–Kier alpha value is -1.77. The highest BCUT2D eigenvalue weighted by molar-refractivity contribution is 5.87. The van der Waals surface area contributed by atoms with Crippen molar-refractivity contribution in [3.63, 3.8) is 0 Å². The van der Waals surface area contributed by atoms with Crippen LogP contribution < -0.4 is 5.32 Å². The van der Waals surface area contributed by atoms with Crippen LogP contribution in [0, 0.1) is 5.92 Å². The lowest BCUT2D eigenvalue weighted by Crippen LogP contribution is -2.41. The second-order valence-electron chi connectivity index (χ2n) is 5.87. The number of hydrogen-bond acceptors (Lipinski definition) is 2. The SMILES string of the molecule is CC1CCCCC1NC(=O)Cc1coc2ccccc12. The van der Waals surface area contributed by atoms with E-state index in [9.17, 15) is 4.79 Å². The second-order valence-corrected chi connectivity index (χ2v) is 5.87. The Morgan fingerprint density at radius 3 is 2.95 bits per heavy atom. The number of para-hydroxylation sites is 1. The van der Waals surface area contributed by atoms with Crippen LogP contribution in [0.4, 0.5) is 0 Å². The van der Waals surface area contributed by atoms with Gasteiger partial charge in [0.25, 0.3) is 0 Å². The molecular formula is C17H21NO2. The molecule has 1 fully saturated rings. The third kappa shape index (κ3) is 2.72. The van der Waals surface area contributed by atoms with Crippen LogP contribution in [0.1, 0.15) is 38.2 Å². The smallest absolute Gasteiger partial charge is 0.224 e. The molecule has 20 heavy (non-hydrogen) atoms. The Morgan fingerprint density at radius 2 is 2.10 bits per heavy atom. The maximum atomic E-state index is 12.2. The molecule has 0 aliphatic heterocycles. The van der Waals surface area contributed by atoms with Crippen LogP contribution in [0.3, 0.4) is 0 Å². The van der Waals surface area contributed by atoms with Gasteiger partial charge in [-0.3, -0.25) is 4.79 Å². The van der Waals surface area contributed by atoms with E-state index in [4.69, 9.17) is 4.42 Å². The molecule has 0 bridgehead atoms. The zero-order valence-corrected chi connectivity index (χ0v) is 11.9. The third-order valence-electron chi connectivity index (χ3n) is 4.37. The minimum Gasteiger partial charge on any atom is -0.464 e. The quantitative estimate of drug-likeness (QED) is 0.925.